The van der Waals surface area contributed by atoms with E-state index >= 15 is 0 Å². The van der Waals surface area contributed by atoms with E-state index < -0.39 is 16.4 Å². The summed E-state index contributed by atoms with van der Waals surface area (Å²) in [5.41, 5.74) is 3.80. The Hall–Kier alpha value is -1.98. The van der Waals surface area contributed by atoms with E-state index in [9.17, 15) is 14.5 Å². The zero-order chi connectivity index (χ0) is 9.42. The van der Waals surface area contributed by atoms with Gasteiger partial charge in [-0.15, -0.1) is 0 Å². The average Bonchev–Trinajstić information content (AvgIpc) is 2.48. The van der Waals surface area contributed by atoms with E-state index in [1.807, 2.05) is 0 Å². The molecule has 0 bridgehead atoms. The molecule has 1 aromatic rings. The van der Waals surface area contributed by atoms with Crippen LogP contribution in [0.4, 0.5) is 15.8 Å². The zero-order valence-corrected chi connectivity index (χ0v) is 6.27. The first-order valence-electron chi connectivity index (χ1n) is 3.40. The summed E-state index contributed by atoms with van der Waals surface area (Å²) in [5.74, 6) is -0.891. The van der Waals surface area contributed by atoms with Crippen molar-refractivity contribution < 1.29 is 9.31 Å². The molecule has 0 amide bonds. The highest BCUT2D eigenvalue weighted by atomic mass is 19.1. The van der Waals surface area contributed by atoms with Crippen molar-refractivity contribution in [3.63, 3.8) is 0 Å². The molecule has 0 N–H and O–H groups in total. The Morgan fingerprint density at radius 1 is 1.46 bits per heavy atom. The maximum absolute atomic E-state index is 12.9. The summed E-state index contributed by atoms with van der Waals surface area (Å²) in [4.78, 5) is 9.54. The van der Waals surface area contributed by atoms with Gasteiger partial charge in [0.2, 0.25) is 5.82 Å². The van der Waals surface area contributed by atoms with Crippen molar-refractivity contribution in [3.8, 4) is 0 Å². The Balaban J connectivity index is 2.60. The second-order valence-electron chi connectivity index (χ2n) is 2.46. The summed E-state index contributed by atoms with van der Waals surface area (Å²) in [6.45, 7) is 0. The fourth-order valence-corrected chi connectivity index (χ4v) is 1.05. The smallest absolute Gasteiger partial charge is 0.258 e. The number of nitrogens with zero attached hydrogens (tertiary/aromatic N) is 3. The van der Waals surface area contributed by atoms with Crippen molar-refractivity contribution in [1.82, 2.24) is 5.43 Å². The van der Waals surface area contributed by atoms with Crippen LogP contribution >= 0.6 is 0 Å². The van der Waals surface area contributed by atoms with Crippen molar-refractivity contribution >= 4 is 17.6 Å². The summed E-state index contributed by atoms with van der Waals surface area (Å²) in [5, 5.41) is 13.8. The van der Waals surface area contributed by atoms with Gasteiger partial charge in [0.25, 0.3) is 0 Å². The van der Waals surface area contributed by atoms with Crippen molar-refractivity contribution in [2.45, 2.75) is 0 Å². The van der Waals surface area contributed by atoms with Gasteiger partial charge in [-0.1, -0.05) is 0 Å². The Morgan fingerprint density at radius 3 is 2.92 bits per heavy atom. The summed E-state index contributed by atoms with van der Waals surface area (Å²) in [6, 6.07) is 2.12. The number of nitro groups is 1. The van der Waals surface area contributed by atoms with Crippen LogP contribution in [0.5, 0.6) is 0 Å². The zero-order valence-electron chi connectivity index (χ0n) is 6.27. The van der Waals surface area contributed by atoms with Gasteiger partial charge in [-0.2, -0.15) is 14.9 Å². The standard InChI is InChI=1S/C7H3FN3O2/c8-5-2-6-4(3-9-10-6)1-7(5)11(12)13/h1-3H. The fraction of sp³-hybridized carbons (Fsp3) is 0. The first-order valence-corrected chi connectivity index (χ1v) is 3.40. The largest absolute Gasteiger partial charge is 0.305 e. The molecule has 1 aliphatic heterocycles. The number of fused-ring (bicyclic) bond motifs is 1. The molecule has 0 spiro atoms. The lowest BCUT2D eigenvalue weighted by molar-refractivity contribution is -0.387. The molecule has 0 saturated heterocycles. The highest BCUT2D eigenvalue weighted by Gasteiger charge is 2.19. The highest BCUT2D eigenvalue weighted by Crippen LogP contribution is 2.27. The van der Waals surface area contributed by atoms with Crippen molar-refractivity contribution in [2.24, 2.45) is 5.10 Å². The SMILES string of the molecule is O=[N+]([O-])c1cc2c(cc1F)[N]N=C2. The summed E-state index contributed by atoms with van der Waals surface area (Å²) < 4.78 is 12.9. The minimum atomic E-state index is -0.891. The first-order chi connectivity index (χ1) is 6.18. The third-order valence-electron chi connectivity index (χ3n) is 1.66. The van der Waals surface area contributed by atoms with Gasteiger partial charge in [-0.3, -0.25) is 10.1 Å². The predicted octanol–water partition coefficient (Wildman–Crippen LogP) is 1.32. The maximum Gasteiger partial charge on any atom is 0.305 e. The lowest BCUT2D eigenvalue weighted by Gasteiger charge is -1.96. The average molecular weight is 180 g/mol. The summed E-state index contributed by atoms with van der Waals surface area (Å²) in [6.07, 6.45) is 1.35. The molecular formula is C7H3FN3O2. The van der Waals surface area contributed by atoms with E-state index in [0.717, 1.165) is 12.1 Å². The molecule has 0 saturated carbocycles. The van der Waals surface area contributed by atoms with Gasteiger partial charge in [0, 0.05) is 17.7 Å². The van der Waals surface area contributed by atoms with Crippen LogP contribution in [0, 0.1) is 15.9 Å². The van der Waals surface area contributed by atoms with E-state index in [1.54, 1.807) is 0 Å². The second kappa shape index (κ2) is 2.51. The lowest BCUT2D eigenvalue weighted by atomic mass is 10.2. The van der Waals surface area contributed by atoms with Gasteiger partial charge in [0.1, 0.15) is 0 Å². The van der Waals surface area contributed by atoms with E-state index in [-0.39, 0.29) is 0 Å². The second-order valence-corrected chi connectivity index (χ2v) is 2.46. The quantitative estimate of drug-likeness (QED) is 0.483. The molecule has 0 aromatic heterocycles. The van der Waals surface area contributed by atoms with Crippen LogP contribution in [0.2, 0.25) is 0 Å². The Morgan fingerprint density at radius 2 is 2.23 bits per heavy atom. The predicted molar refractivity (Wildman–Crippen MR) is 42.4 cm³/mol. The van der Waals surface area contributed by atoms with Gasteiger partial charge in [0.05, 0.1) is 16.8 Å². The Bertz CT molecular complexity index is 416. The van der Waals surface area contributed by atoms with Crippen molar-refractivity contribution in [1.29, 1.82) is 0 Å². The molecular weight excluding hydrogens is 177 g/mol. The van der Waals surface area contributed by atoms with Crippen LogP contribution < -0.4 is 5.43 Å². The minimum absolute atomic E-state index is 0.322. The Kier molecular flexibility index (Phi) is 1.48. The van der Waals surface area contributed by atoms with Crippen molar-refractivity contribution in [2.75, 3.05) is 0 Å². The van der Waals surface area contributed by atoms with Crippen LogP contribution in [-0.2, 0) is 0 Å². The normalized spacial score (nSPS) is 12.4. The molecule has 1 heterocycles. The lowest BCUT2D eigenvalue weighted by Crippen LogP contribution is -1.94. The molecule has 0 atom stereocenters. The molecule has 1 aromatic carbocycles. The van der Waals surface area contributed by atoms with E-state index in [2.05, 4.69) is 10.5 Å². The summed E-state index contributed by atoms with van der Waals surface area (Å²) in [7, 11) is 0. The molecule has 0 aliphatic carbocycles. The molecule has 5 nitrogen and oxygen atoms in total. The van der Waals surface area contributed by atoms with Crippen LogP contribution in [0.1, 0.15) is 5.56 Å². The molecule has 6 heteroatoms. The van der Waals surface area contributed by atoms with Crippen LogP contribution in [0.15, 0.2) is 17.2 Å². The molecule has 0 fully saturated rings. The van der Waals surface area contributed by atoms with Gasteiger partial charge >= 0.3 is 5.69 Å². The first kappa shape index (κ1) is 7.66. The van der Waals surface area contributed by atoms with Crippen LogP contribution in [0.25, 0.3) is 0 Å². The van der Waals surface area contributed by atoms with E-state index in [0.29, 0.717) is 11.3 Å². The molecule has 13 heavy (non-hydrogen) atoms. The monoisotopic (exact) mass is 180 g/mol. The molecule has 1 aliphatic rings. The van der Waals surface area contributed by atoms with Gasteiger partial charge < -0.3 is 0 Å². The summed E-state index contributed by atoms with van der Waals surface area (Å²) >= 11 is 0. The fourth-order valence-electron chi connectivity index (χ4n) is 1.05. The van der Waals surface area contributed by atoms with E-state index in [4.69, 9.17) is 0 Å². The van der Waals surface area contributed by atoms with Gasteiger partial charge in [-0.25, -0.2) is 0 Å². The van der Waals surface area contributed by atoms with Crippen molar-refractivity contribution in [3.05, 3.63) is 33.6 Å². The van der Waals surface area contributed by atoms with Crippen LogP contribution in [-0.4, -0.2) is 11.1 Å². The number of rotatable bonds is 1. The number of nitro benzene ring substituents is 1. The maximum atomic E-state index is 12.9. The minimum Gasteiger partial charge on any atom is -0.258 e. The van der Waals surface area contributed by atoms with E-state index in [1.165, 1.54) is 6.21 Å². The molecule has 1 radical (unpaired) electrons. The topological polar surface area (TPSA) is 69.6 Å². The van der Waals surface area contributed by atoms with Gasteiger partial charge in [0.15, 0.2) is 0 Å². The number of benzene rings is 1. The van der Waals surface area contributed by atoms with Gasteiger partial charge in [-0.05, 0) is 0 Å². The number of halogens is 1. The molecule has 65 valence electrons. The highest BCUT2D eigenvalue weighted by molar-refractivity contribution is 5.90. The molecule has 0 unspecified atom stereocenters. The Labute approximate surface area is 72.0 Å². The number of hydrogen-bond acceptors (Lipinski definition) is 3. The van der Waals surface area contributed by atoms with Crippen LogP contribution in [0.3, 0.4) is 0 Å². The third kappa shape index (κ3) is 1.12. The third-order valence-corrected chi connectivity index (χ3v) is 1.66. The number of hydrogen-bond donors (Lipinski definition) is 0. The molecule has 2 rings (SSSR count).